The maximum absolute atomic E-state index is 14.0. The van der Waals surface area contributed by atoms with Crippen LogP contribution in [0.4, 0.5) is 17.6 Å². The Hall–Kier alpha value is -2.42. The highest BCUT2D eigenvalue weighted by Crippen LogP contribution is 2.28. The molecule has 0 aliphatic heterocycles. The fourth-order valence-electron chi connectivity index (χ4n) is 2.63. The topological polar surface area (TPSA) is 52.2 Å². The van der Waals surface area contributed by atoms with E-state index in [-0.39, 0.29) is 24.3 Å². The molecule has 0 bridgehead atoms. The second-order valence-electron chi connectivity index (χ2n) is 6.01. The van der Waals surface area contributed by atoms with Gasteiger partial charge in [-0.15, -0.1) is 0 Å². The van der Waals surface area contributed by atoms with Crippen molar-refractivity contribution in [1.82, 2.24) is 20.0 Å². The summed E-state index contributed by atoms with van der Waals surface area (Å²) < 4.78 is 52.3. The first kappa shape index (κ1) is 20.9. The predicted molar refractivity (Wildman–Crippen MR) is 92.5 cm³/mol. The fraction of sp³-hybridized carbons (Fsp3) is 0.444. The number of benzene rings is 1. The van der Waals surface area contributed by atoms with Crippen molar-refractivity contribution in [2.75, 3.05) is 26.2 Å². The van der Waals surface area contributed by atoms with Crippen LogP contribution in [0.5, 0.6) is 0 Å². The molecule has 1 amide bonds. The molecule has 0 aliphatic carbocycles. The van der Waals surface area contributed by atoms with Gasteiger partial charge in [0.05, 0.1) is 0 Å². The number of hydrogen-bond acceptors (Lipinski definition) is 3. The summed E-state index contributed by atoms with van der Waals surface area (Å²) in [5, 5.41) is 5.33. The van der Waals surface area contributed by atoms with E-state index in [0.29, 0.717) is 12.6 Å². The normalized spacial score (nSPS) is 11.8. The molecule has 5 nitrogen and oxygen atoms in total. The Morgan fingerprint density at radius 2 is 1.81 bits per heavy atom. The molecule has 148 valence electrons. The van der Waals surface area contributed by atoms with Gasteiger partial charge >= 0.3 is 6.18 Å². The van der Waals surface area contributed by atoms with Gasteiger partial charge in [0.25, 0.3) is 5.91 Å². The van der Waals surface area contributed by atoms with Gasteiger partial charge in [0.15, 0.2) is 5.69 Å². The third kappa shape index (κ3) is 5.53. The van der Waals surface area contributed by atoms with Crippen LogP contribution >= 0.6 is 0 Å². The molecule has 0 atom stereocenters. The van der Waals surface area contributed by atoms with Crippen LogP contribution in [0.2, 0.25) is 0 Å². The van der Waals surface area contributed by atoms with E-state index in [2.05, 4.69) is 10.00 Å². The first-order chi connectivity index (χ1) is 12.8. The third-order valence-corrected chi connectivity index (χ3v) is 4.29. The highest BCUT2D eigenvalue weighted by molar-refractivity contribution is 5.92. The summed E-state index contributed by atoms with van der Waals surface area (Å²) >= 11 is 0. The zero-order valence-electron chi connectivity index (χ0n) is 15.2. The van der Waals surface area contributed by atoms with Gasteiger partial charge in [-0.2, -0.15) is 18.3 Å². The maximum atomic E-state index is 14.0. The lowest BCUT2D eigenvalue weighted by molar-refractivity contribution is -0.141. The van der Waals surface area contributed by atoms with E-state index in [4.69, 9.17) is 0 Å². The van der Waals surface area contributed by atoms with Crippen molar-refractivity contribution in [1.29, 1.82) is 0 Å². The van der Waals surface area contributed by atoms with E-state index in [9.17, 15) is 22.4 Å². The Morgan fingerprint density at radius 3 is 2.37 bits per heavy atom. The van der Waals surface area contributed by atoms with Crippen molar-refractivity contribution in [3.05, 3.63) is 53.1 Å². The van der Waals surface area contributed by atoms with Gasteiger partial charge in [-0.25, -0.2) is 4.39 Å². The summed E-state index contributed by atoms with van der Waals surface area (Å²) in [6.07, 6.45) is -4.62. The van der Waals surface area contributed by atoms with Gasteiger partial charge < -0.3 is 9.80 Å². The second-order valence-corrected chi connectivity index (χ2v) is 6.01. The average Bonchev–Trinajstić information content (AvgIpc) is 3.13. The standard InChI is InChI=1S/C18H22F4N4O/c1-3-25(4-2)9-10-26(12-13-7-5-6-8-14(13)19)17(27)15-11-16(24-23-15)18(20,21)22/h5-8,11H,3-4,9-10,12H2,1-2H3,(H,23,24). The minimum atomic E-state index is -4.62. The number of likely N-dealkylation sites (N-methyl/N-ethyl adjacent to an activating group) is 1. The summed E-state index contributed by atoms with van der Waals surface area (Å²) in [5.41, 5.74) is -1.16. The summed E-state index contributed by atoms with van der Waals surface area (Å²) in [7, 11) is 0. The number of carbonyl (C=O) groups excluding carboxylic acids is 1. The molecule has 0 radical (unpaired) electrons. The first-order valence-electron chi connectivity index (χ1n) is 8.63. The van der Waals surface area contributed by atoms with E-state index in [1.807, 2.05) is 18.9 Å². The zero-order chi connectivity index (χ0) is 20.0. The van der Waals surface area contributed by atoms with Crippen LogP contribution in [0.15, 0.2) is 30.3 Å². The molecule has 1 aromatic carbocycles. The highest BCUT2D eigenvalue weighted by Gasteiger charge is 2.34. The minimum absolute atomic E-state index is 0.0546. The molecule has 27 heavy (non-hydrogen) atoms. The Labute approximate surface area is 155 Å². The number of H-pyrrole nitrogens is 1. The van der Waals surface area contributed by atoms with E-state index in [1.54, 1.807) is 12.1 Å². The molecule has 0 fully saturated rings. The van der Waals surface area contributed by atoms with Gasteiger partial charge in [-0.1, -0.05) is 32.0 Å². The van der Waals surface area contributed by atoms with E-state index < -0.39 is 23.6 Å². The summed E-state index contributed by atoms with van der Waals surface area (Å²) in [6, 6.07) is 6.66. The number of halogens is 4. The minimum Gasteiger partial charge on any atom is -0.332 e. The Morgan fingerprint density at radius 1 is 1.15 bits per heavy atom. The second kappa shape index (κ2) is 8.98. The largest absolute Gasteiger partial charge is 0.432 e. The molecule has 2 rings (SSSR count). The number of rotatable bonds is 8. The number of aromatic nitrogens is 2. The number of carbonyl (C=O) groups is 1. The van der Waals surface area contributed by atoms with Crippen LogP contribution in [-0.2, 0) is 12.7 Å². The van der Waals surface area contributed by atoms with Crippen LogP contribution < -0.4 is 0 Å². The number of nitrogens with zero attached hydrogens (tertiary/aromatic N) is 3. The fourth-order valence-corrected chi connectivity index (χ4v) is 2.63. The summed E-state index contributed by atoms with van der Waals surface area (Å²) in [6.45, 7) is 6.16. The number of alkyl halides is 3. The van der Waals surface area contributed by atoms with Gasteiger partial charge in [-0.3, -0.25) is 9.89 Å². The molecule has 1 N–H and O–H groups in total. The molecular weight excluding hydrogens is 364 g/mol. The van der Waals surface area contributed by atoms with Crippen molar-refractivity contribution in [3.8, 4) is 0 Å². The predicted octanol–water partition coefficient (Wildman–Crippen LogP) is 3.55. The van der Waals surface area contributed by atoms with Gasteiger partial charge in [0.2, 0.25) is 0 Å². The molecule has 2 aromatic rings. The van der Waals surface area contributed by atoms with E-state index in [1.165, 1.54) is 17.0 Å². The number of amides is 1. The number of nitrogens with one attached hydrogen (secondary N) is 1. The smallest absolute Gasteiger partial charge is 0.332 e. The lowest BCUT2D eigenvalue weighted by Crippen LogP contribution is -2.38. The summed E-state index contributed by atoms with van der Waals surface area (Å²) in [4.78, 5) is 16.1. The monoisotopic (exact) mass is 386 g/mol. The molecular formula is C18H22F4N4O. The Kier molecular flexibility index (Phi) is 6.95. The van der Waals surface area contributed by atoms with Crippen LogP contribution in [0.3, 0.4) is 0 Å². The molecule has 1 aromatic heterocycles. The van der Waals surface area contributed by atoms with Crippen molar-refractivity contribution >= 4 is 5.91 Å². The van der Waals surface area contributed by atoms with E-state index >= 15 is 0 Å². The van der Waals surface area contributed by atoms with Gasteiger partial charge in [0.1, 0.15) is 11.5 Å². The lowest BCUT2D eigenvalue weighted by atomic mass is 10.2. The Balaban J connectivity index is 2.23. The van der Waals surface area contributed by atoms with E-state index in [0.717, 1.165) is 13.1 Å². The van der Waals surface area contributed by atoms with Crippen LogP contribution in [-0.4, -0.2) is 52.1 Å². The van der Waals surface area contributed by atoms with Crippen LogP contribution in [0.1, 0.15) is 35.6 Å². The Bertz CT molecular complexity index is 756. The maximum Gasteiger partial charge on any atom is 0.432 e. The molecule has 0 unspecified atom stereocenters. The summed E-state index contributed by atoms with van der Waals surface area (Å²) in [5.74, 6) is -1.16. The SMILES string of the molecule is CCN(CC)CCN(Cc1ccccc1F)C(=O)c1cc(C(F)(F)F)[nH]n1. The van der Waals surface area contributed by atoms with Crippen LogP contribution in [0, 0.1) is 5.82 Å². The zero-order valence-corrected chi connectivity index (χ0v) is 15.2. The van der Waals surface area contributed by atoms with Crippen molar-refractivity contribution < 1.29 is 22.4 Å². The van der Waals surface area contributed by atoms with Crippen molar-refractivity contribution in [2.24, 2.45) is 0 Å². The lowest BCUT2D eigenvalue weighted by Gasteiger charge is -2.26. The molecule has 0 saturated heterocycles. The third-order valence-electron chi connectivity index (χ3n) is 4.29. The molecule has 1 heterocycles. The molecule has 0 saturated carbocycles. The molecule has 9 heteroatoms. The van der Waals surface area contributed by atoms with Crippen molar-refractivity contribution in [2.45, 2.75) is 26.6 Å². The number of aromatic amines is 1. The first-order valence-corrected chi connectivity index (χ1v) is 8.63. The highest BCUT2D eigenvalue weighted by atomic mass is 19.4. The molecule has 0 spiro atoms. The number of hydrogen-bond donors (Lipinski definition) is 1. The molecule has 0 aliphatic rings. The quantitative estimate of drug-likeness (QED) is 0.706. The van der Waals surface area contributed by atoms with Crippen LogP contribution in [0.25, 0.3) is 0 Å². The van der Waals surface area contributed by atoms with Crippen molar-refractivity contribution in [3.63, 3.8) is 0 Å². The average molecular weight is 386 g/mol. The van der Waals surface area contributed by atoms with Gasteiger partial charge in [0, 0.05) is 31.3 Å². The van der Waals surface area contributed by atoms with Gasteiger partial charge in [-0.05, 0) is 19.2 Å².